The van der Waals surface area contributed by atoms with E-state index in [9.17, 15) is 19.5 Å². The molecular weight excluding hydrogens is 478 g/mol. The number of aryl methyl sites for hydroxylation is 2. The Morgan fingerprint density at radius 2 is 1.97 bits per heavy atom. The molecule has 3 amide bonds. The summed E-state index contributed by atoms with van der Waals surface area (Å²) in [6.07, 6.45) is 0.744. The maximum absolute atomic E-state index is 13.6. The molecule has 8 nitrogen and oxygen atoms in total. The van der Waals surface area contributed by atoms with Gasteiger partial charge >= 0.3 is 0 Å². The van der Waals surface area contributed by atoms with E-state index in [1.54, 1.807) is 0 Å². The number of aliphatic hydroxyl groups is 1. The van der Waals surface area contributed by atoms with Crippen LogP contribution in [0.2, 0.25) is 0 Å². The lowest BCUT2D eigenvalue weighted by Crippen LogP contribution is -2.54. The number of alkyl halides is 1. The van der Waals surface area contributed by atoms with Gasteiger partial charge in [0.15, 0.2) is 0 Å². The summed E-state index contributed by atoms with van der Waals surface area (Å²) in [4.78, 5) is 41.4. The van der Waals surface area contributed by atoms with E-state index in [4.69, 9.17) is 4.74 Å². The van der Waals surface area contributed by atoms with Gasteiger partial charge in [-0.3, -0.25) is 14.4 Å². The summed E-state index contributed by atoms with van der Waals surface area (Å²) in [5, 5.41) is 15.5. The fourth-order valence-electron chi connectivity index (χ4n) is 5.65. The Morgan fingerprint density at radius 1 is 1.28 bits per heavy atom. The SMILES string of the molecule is CCCNC(=O)[C@H]1[C@@H]2OC3(CC2Br)C(C(=O)Nc2c(C)cccc2C)N(CCO)C(=O)[C@H]13. The second kappa shape index (κ2) is 8.76. The molecule has 3 aliphatic rings. The highest BCUT2D eigenvalue weighted by molar-refractivity contribution is 9.09. The van der Waals surface area contributed by atoms with Crippen LogP contribution in [0.5, 0.6) is 0 Å². The number of carbonyl (C=O) groups excluding carboxylic acids is 3. The average molecular weight is 508 g/mol. The van der Waals surface area contributed by atoms with Gasteiger partial charge in [-0.25, -0.2) is 0 Å². The Morgan fingerprint density at radius 3 is 2.59 bits per heavy atom. The van der Waals surface area contributed by atoms with Crippen molar-refractivity contribution in [3.05, 3.63) is 29.3 Å². The van der Waals surface area contributed by atoms with Crippen molar-refractivity contribution in [3.8, 4) is 0 Å². The minimum Gasteiger partial charge on any atom is -0.395 e. The summed E-state index contributed by atoms with van der Waals surface area (Å²) < 4.78 is 6.38. The molecule has 1 aromatic rings. The predicted octanol–water partition coefficient (Wildman–Crippen LogP) is 1.51. The fraction of sp³-hybridized carbons (Fsp3) is 0.609. The van der Waals surface area contributed by atoms with Gasteiger partial charge in [0, 0.05) is 23.6 Å². The Hall–Kier alpha value is -1.97. The van der Waals surface area contributed by atoms with Gasteiger partial charge in [-0.1, -0.05) is 41.1 Å². The van der Waals surface area contributed by atoms with Crippen LogP contribution in [-0.4, -0.2) is 70.0 Å². The van der Waals surface area contributed by atoms with Crippen LogP contribution in [0, 0.1) is 25.7 Å². The number of likely N-dealkylation sites (tertiary alicyclic amines) is 1. The number of β-amino-alcohol motifs (C(OH)–C–C–N with tert-alkyl or cyclic N) is 1. The third-order valence-corrected chi connectivity index (χ3v) is 7.80. The van der Waals surface area contributed by atoms with Gasteiger partial charge in [0.1, 0.15) is 11.6 Å². The van der Waals surface area contributed by atoms with E-state index < -0.39 is 29.6 Å². The number of benzene rings is 1. The van der Waals surface area contributed by atoms with Crippen LogP contribution < -0.4 is 10.6 Å². The van der Waals surface area contributed by atoms with Crippen molar-refractivity contribution in [1.82, 2.24) is 10.2 Å². The molecule has 0 saturated carbocycles. The molecule has 3 saturated heterocycles. The van der Waals surface area contributed by atoms with Gasteiger partial charge in [0.25, 0.3) is 0 Å². The standard InChI is InChI=1S/C23H30BrN3O5/c1-4-8-25-20(29)15-16-22(31)27(9-10-28)19(23(16)11-14(24)18(15)32-23)21(30)26-17-12(2)6-5-7-13(17)3/h5-7,14-16,18-19,28H,4,8-11H2,1-3H3,(H,25,29)(H,26,30)/t14?,15-,16+,18-,19?,23?/m1/s1. The van der Waals surface area contributed by atoms with Gasteiger partial charge in [-0.05, 0) is 37.8 Å². The van der Waals surface area contributed by atoms with E-state index in [-0.39, 0.29) is 35.7 Å². The molecule has 2 bridgehead atoms. The number of amides is 3. The van der Waals surface area contributed by atoms with Crippen molar-refractivity contribution in [1.29, 1.82) is 0 Å². The van der Waals surface area contributed by atoms with Crippen molar-refractivity contribution in [2.75, 3.05) is 25.0 Å². The molecule has 3 heterocycles. The summed E-state index contributed by atoms with van der Waals surface area (Å²) in [5.74, 6) is -2.31. The number of halogens is 1. The Balaban J connectivity index is 1.71. The van der Waals surface area contributed by atoms with E-state index in [0.29, 0.717) is 18.7 Å². The second-order valence-electron chi connectivity index (χ2n) is 8.97. The number of nitrogens with one attached hydrogen (secondary N) is 2. The Bertz CT molecular complexity index is 920. The molecule has 0 radical (unpaired) electrons. The molecule has 1 aromatic carbocycles. The van der Waals surface area contributed by atoms with Gasteiger partial charge in [-0.2, -0.15) is 0 Å². The lowest BCUT2D eigenvalue weighted by molar-refractivity contribution is -0.141. The summed E-state index contributed by atoms with van der Waals surface area (Å²) in [6, 6.07) is 4.81. The highest BCUT2D eigenvalue weighted by Gasteiger charge is 2.76. The first-order valence-electron chi connectivity index (χ1n) is 11.1. The Kier molecular flexibility index (Phi) is 6.35. The topological polar surface area (TPSA) is 108 Å². The molecule has 6 atom stereocenters. The number of anilines is 1. The zero-order chi connectivity index (χ0) is 23.2. The smallest absolute Gasteiger partial charge is 0.250 e. The quantitative estimate of drug-likeness (QED) is 0.484. The largest absolute Gasteiger partial charge is 0.395 e. The van der Waals surface area contributed by atoms with Crippen LogP contribution in [0.1, 0.15) is 30.9 Å². The third kappa shape index (κ3) is 3.45. The van der Waals surface area contributed by atoms with Gasteiger partial charge in [0.2, 0.25) is 17.7 Å². The molecule has 9 heteroatoms. The molecule has 3 unspecified atom stereocenters. The molecule has 3 aliphatic heterocycles. The van der Waals surface area contributed by atoms with Crippen LogP contribution in [0.3, 0.4) is 0 Å². The zero-order valence-corrected chi connectivity index (χ0v) is 20.1. The summed E-state index contributed by atoms with van der Waals surface area (Å²) in [5.41, 5.74) is 1.42. The fourth-order valence-corrected chi connectivity index (χ4v) is 6.59. The maximum atomic E-state index is 13.6. The van der Waals surface area contributed by atoms with E-state index >= 15 is 0 Å². The van der Waals surface area contributed by atoms with Crippen molar-refractivity contribution in [2.45, 2.75) is 56.2 Å². The lowest BCUT2D eigenvalue weighted by Gasteiger charge is -2.34. The average Bonchev–Trinajstić information content (AvgIpc) is 3.33. The molecule has 0 aliphatic carbocycles. The highest BCUT2D eigenvalue weighted by atomic mass is 79.9. The molecule has 4 rings (SSSR count). The molecule has 3 N–H and O–H groups in total. The van der Waals surface area contributed by atoms with Gasteiger partial charge in [-0.15, -0.1) is 0 Å². The van der Waals surface area contributed by atoms with Crippen molar-refractivity contribution >= 4 is 39.3 Å². The monoisotopic (exact) mass is 507 g/mol. The molecule has 1 spiro atoms. The van der Waals surface area contributed by atoms with Crippen LogP contribution in [0.15, 0.2) is 18.2 Å². The van der Waals surface area contributed by atoms with E-state index in [0.717, 1.165) is 17.5 Å². The van der Waals surface area contributed by atoms with E-state index in [2.05, 4.69) is 26.6 Å². The first kappa shape index (κ1) is 23.2. The van der Waals surface area contributed by atoms with Gasteiger partial charge in [0.05, 0.1) is 24.5 Å². The Labute approximate surface area is 196 Å². The minimum atomic E-state index is -1.11. The minimum absolute atomic E-state index is 0.00615. The number of hydrogen-bond donors (Lipinski definition) is 3. The van der Waals surface area contributed by atoms with E-state index in [1.807, 2.05) is 39.0 Å². The predicted molar refractivity (Wildman–Crippen MR) is 122 cm³/mol. The summed E-state index contributed by atoms with van der Waals surface area (Å²) in [6.45, 7) is 6.02. The van der Waals surface area contributed by atoms with Crippen LogP contribution in [-0.2, 0) is 19.1 Å². The first-order valence-corrected chi connectivity index (χ1v) is 12.1. The number of hydrogen-bond acceptors (Lipinski definition) is 5. The number of aliphatic hydroxyl groups excluding tert-OH is 1. The number of nitrogens with zero attached hydrogens (tertiary/aromatic N) is 1. The summed E-state index contributed by atoms with van der Waals surface area (Å²) >= 11 is 3.63. The van der Waals surface area contributed by atoms with Gasteiger partial charge < -0.3 is 25.4 Å². The number of carbonyl (C=O) groups is 3. The number of fused-ring (bicyclic) bond motifs is 1. The normalized spacial score (nSPS) is 32.8. The molecular formula is C23H30BrN3O5. The van der Waals surface area contributed by atoms with Crippen molar-refractivity contribution < 1.29 is 24.2 Å². The number of para-hydroxylation sites is 1. The summed E-state index contributed by atoms with van der Waals surface area (Å²) in [7, 11) is 0. The lowest BCUT2D eigenvalue weighted by atomic mass is 9.70. The molecule has 174 valence electrons. The molecule has 0 aromatic heterocycles. The number of ether oxygens (including phenoxy) is 1. The number of rotatable bonds is 7. The first-order chi connectivity index (χ1) is 15.3. The van der Waals surface area contributed by atoms with Crippen LogP contribution in [0.25, 0.3) is 0 Å². The second-order valence-corrected chi connectivity index (χ2v) is 10.1. The van der Waals surface area contributed by atoms with Crippen LogP contribution >= 0.6 is 15.9 Å². The van der Waals surface area contributed by atoms with Crippen LogP contribution in [0.4, 0.5) is 5.69 Å². The van der Waals surface area contributed by atoms with Crippen molar-refractivity contribution in [3.63, 3.8) is 0 Å². The van der Waals surface area contributed by atoms with Crippen molar-refractivity contribution in [2.24, 2.45) is 11.8 Å². The highest BCUT2D eigenvalue weighted by Crippen LogP contribution is 2.60. The van der Waals surface area contributed by atoms with E-state index in [1.165, 1.54) is 4.90 Å². The maximum Gasteiger partial charge on any atom is 0.250 e. The molecule has 32 heavy (non-hydrogen) atoms. The third-order valence-electron chi connectivity index (χ3n) is 6.96. The molecule has 3 fully saturated rings. The zero-order valence-electron chi connectivity index (χ0n) is 18.6.